The van der Waals surface area contributed by atoms with Gasteiger partial charge in [0.25, 0.3) is 5.56 Å². The van der Waals surface area contributed by atoms with E-state index in [4.69, 9.17) is 4.74 Å². The Morgan fingerprint density at radius 1 is 1.18 bits per heavy atom. The second-order valence-corrected chi connectivity index (χ2v) is 5.26. The minimum Gasteiger partial charge on any atom is -0.493 e. The molecule has 1 heterocycles. The lowest BCUT2D eigenvalue weighted by atomic mass is 10.1. The molecule has 4 heteroatoms. The summed E-state index contributed by atoms with van der Waals surface area (Å²) in [5.41, 5.74) is 2.48. The standard InChI is InChI=1S/C18H18N2O2/c1-3-10-22-16-11-13(9-8-12(16)2)17-19-15-7-5-4-6-14(15)18(21)20-17/h4-9,11H,3,10H2,1-2H3,(H,19,20,21). The van der Waals surface area contributed by atoms with Crippen molar-refractivity contribution in [2.75, 3.05) is 6.61 Å². The van der Waals surface area contributed by atoms with Crippen LogP contribution < -0.4 is 10.3 Å². The van der Waals surface area contributed by atoms with Crippen molar-refractivity contribution in [1.82, 2.24) is 9.97 Å². The number of benzene rings is 2. The van der Waals surface area contributed by atoms with Crippen molar-refractivity contribution < 1.29 is 4.74 Å². The summed E-state index contributed by atoms with van der Waals surface area (Å²) in [6.45, 7) is 4.75. The number of para-hydroxylation sites is 1. The number of aromatic nitrogens is 2. The molecule has 0 aliphatic rings. The molecule has 0 aliphatic carbocycles. The van der Waals surface area contributed by atoms with Gasteiger partial charge >= 0.3 is 0 Å². The number of nitrogens with one attached hydrogen (secondary N) is 1. The van der Waals surface area contributed by atoms with Crippen molar-refractivity contribution in [2.45, 2.75) is 20.3 Å². The zero-order chi connectivity index (χ0) is 15.5. The molecule has 0 fully saturated rings. The molecule has 22 heavy (non-hydrogen) atoms. The molecule has 0 unspecified atom stereocenters. The first-order valence-corrected chi connectivity index (χ1v) is 7.42. The van der Waals surface area contributed by atoms with Crippen LogP contribution in [0.25, 0.3) is 22.3 Å². The van der Waals surface area contributed by atoms with E-state index in [2.05, 4.69) is 16.9 Å². The molecule has 3 aromatic rings. The highest BCUT2D eigenvalue weighted by Crippen LogP contribution is 2.25. The Morgan fingerprint density at radius 2 is 2.00 bits per heavy atom. The normalized spacial score (nSPS) is 10.8. The van der Waals surface area contributed by atoms with E-state index >= 15 is 0 Å². The smallest absolute Gasteiger partial charge is 0.259 e. The van der Waals surface area contributed by atoms with Crippen LogP contribution in [0.3, 0.4) is 0 Å². The van der Waals surface area contributed by atoms with Gasteiger partial charge in [-0.05, 0) is 37.1 Å². The highest BCUT2D eigenvalue weighted by Gasteiger charge is 2.08. The third-order valence-electron chi connectivity index (χ3n) is 3.54. The van der Waals surface area contributed by atoms with Crippen LogP contribution in [0.2, 0.25) is 0 Å². The SMILES string of the molecule is CCCOc1cc(-c2nc3ccccc3c(=O)[nH]2)ccc1C. The molecular formula is C18H18N2O2. The number of ether oxygens (including phenoxy) is 1. The van der Waals surface area contributed by atoms with E-state index in [-0.39, 0.29) is 5.56 Å². The highest BCUT2D eigenvalue weighted by molar-refractivity contribution is 5.79. The first-order chi connectivity index (χ1) is 10.7. The number of H-pyrrole nitrogens is 1. The van der Waals surface area contributed by atoms with Gasteiger partial charge in [0.1, 0.15) is 11.6 Å². The Labute approximate surface area is 128 Å². The largest absolute Gasteiger partial charge is 0.493 e. The molecular weight excluding hydrogens is 276 g/mol. The average Bonchev–Trinajstić information content (AvgIpc) is 2.54. The van der Waals surface area contributed by atoms with E-state index in [0.29, 0.717) is 23.3 Å². The summed E-state index contributed by atoms with van der Waals surface area (Å²) >= 11 is 0. The monoisotopic (exact) mass is 294 g/mol. The van der Waals surface area contributed by atoms with E-state index in [1.807, 2.05) is 43.3 Å². The van der Waals surface area contributed by atoms with Gasteiger partial charge in [-0.1, -0.05) is 31.2 Å². The van der Waals surface area contributed by atoms with Crippen molar-refractivity contribution in [3.63, 3.8) is 0 Å². The molecule has 3 rings (SSSR count). The van der Waals surface area contributed by atoms with Gasteiger partial charge in [-0.15, -0.1) is 0 Å². The summed E-state index contributed by atoms with van der Waals surface area (Å²) < 4.78 is 5.75. The lowest BCUT2D eigenvalue weighted by Gasteiger charge is -2.10. The van der Waals surface area contributed by atoms with E-state index in [0.717, 1.165) is 23.3 Å². The number of hydrogen-bond acceptors (Lipinski definition) is 3. The summed E-state index contributed by atoms with van der Waals surface area (Å²) in [6, 6.07) is 13.2. The predicted octanol–water partition coefficient (Wildman–Crippen LogP) is 3.69. The van der Waals surface area contributed by atoms with Gasteiger partial charge < -0.3 is 9.72 Å². The number of nitrogens with zero attached hydrogens (tertiary/aromatic N) is 1. The second kappa shape index (κ2) is 6.02. The molecule has 2 aromatic carbocycles. The fraction of sp³-hybridized carbons (Fsp3) is 0.222. The third-order valence-corrected chi connectivity index (χ3v) is 3.54. The molecule has 0 radical (unpaired) electrons. The van der Waals surface area contributed by atoms with Crippen molar-refractivity contribution in [3.05, 3.63) is 58.4 Å². The zero-order valence-corrected chi connectivity index (χ0v) is 12.7. The van der Waals surface area contributed by atoms with E-state index in [9.17, 15) is 4.79 Å². The van der Waals surface area contributed by atoms with E-state index in [1.54, 1.807) is 6.07 Å². The number of hydrogen-bond donors (Lipinski definition) is 1. The molecule has 0 amide bonds. The minimum atomic E-state index is -0.128. The Hall–Kier alpha value is -2.62. The summed E-state index contributed by atoms with van der Waals surface area (Å²) in [6.07, 6.45) is 0.953. The van der Waals surface area contributed by atoms with Crippen LogP contribution in [0.1, 0.15) is 18.9 Å². The van der Waals surface area contributed by atoms with Gasteiger partial charge in [0.05, 0.1) is 17.5 Å². The van der Waals surface area contributed by atoms with Crippen LogP contribution in [0.5, 0.6) is 5.75 Å². The topological polar surface area (TPSA) is 55.0 Å². The molecule has 0 aliphatic heterocycles. The summed E-state index contributed by atoms with van der Waals surface area (Å²) in [5.74, 6) is 1.39. The van der Waals surface area contributed by atoms with Gasteiger partial charge in [0.15, 0.2) is 0 Å². The Morgan fingerprint density at radius 3 is 2.82 bits per heavy atom. The van der Waals surface area contributed by atoms with Crippen molar-refractivity contribution in [2.24, 2.45) is 0 Å². The summed E-state index contributed by atoms with van der Waals surface area (Å²) in [4.78, 5) is 19.6. The number of fused-ring (bicyclic) bond motifs is 1. The molecule has 0 saturated heterocycles. The van der Waals surface area contributed by atoms with Crippen molar-refractivity contribution >= 4 is 10.9 Å². The van der Waals surface area contributed by atoms with Crippen molar-refractivity contribution in [1.29, 1.82) is 0 Å². The lowest BCUT2D eigenvalue weighted by Crippen LogP contribution is -2.09. The van der Waals surface area contributed by atoms with Gasteiger partial charge in [-0.25, -0.2) is 4.98 Å². The van der Waals surface area contributed by atoms with Crippen LogP contribution >= 0.6 is 0 Å². The van der Waals surface area contributed by atoms with Gasteiger partial charge in [-0.2, -0.15) is 0 Å². The summed E-state index contributed by atoms with van der Waals surface area (Å²) in [5, 5.41) is 0.598. The minimum absolute atomic E-state index is 0.128. The maximum Gasteiger partial charge on any atom is 0.259 e. The molecule has 0 spiro atoms. The Balaban J connectivity index is 2.09. The van der Waals surface area contributed by atoms with Crippen LogP contribution in [-0.2, 0) is 0 Å². The van der Waals surface area contributed by atoms with Gasteiger partial charge in [0.2, 0.25) is 0 Å². The second-order valence-electron chi connectivity index (χ2n) is 5.26. The predicted molar refractivity (Wildman–Crippen MR) is 88.3 cm³/mol. The summed E-state index contributed by atoms with van der Waals surface area (Å²) in [7, 11) is 0. The van der Waals surface area contributed by atoms with Gasteiger partial charge in [-0.3, -0.25) is 4.79 Å². The first kappa shape index (κ1) is 14.3. The molecule has 4 nitrogen and oxygen atoms in total. The number of aryl methyl sites for hydroxylation is 1. The highest BCUT2D eigenvalue weighted by atomic mass is 16.5. The maximum atomic E-state index is 12.2. The third kappa shape index (κ3) is 2.72. The van der Waals surface area contributed by atoms with Crippen LogP contribution in [0, 0.1) is 6.92 Å². The average molecular weight is 294 g/mol. The van der Waals surface area contributed by atoms with Crippen LogP contribution in [0.15, 0.2) is 47.3 Å². The van der Waals surface area contributed by atoms with E-state index < -0.39 is 0 Å². The number of rotatable bonds is 4. The number of aromatic amines is 1. The van der Waals surface area contributed by atoms with E-state index in [1.165, 1.54) is 0 Å². The fourth-order valence-electron chi connectivity index (χ4n) is 2.34. The quantitative estimate of drug-likeness (QED) is 0.798. The molecule has 112 valence electrons. The first-order valence-electron chi connectivity index (χ1n) is 7.42. The van der Waals surface area contributed by atoms with Gasteiger partial charge in [0, 0.05) is 5.56 Å². The molecule has 1 aromatic heterocycles. The van der Waals surface area contributed by atoms with Crippen molar-refractivity contribution in [3.8, 4) is 17.1 Å². The molecule has 1 N–H and O–H groups in total. The lowest BCUT2D eigenvalue weighted by molar-refractivity contribution is 0.315. The van der Waals surface area contributed by atoms with Crippen LogP contribution in [0.4, 0.5) is 0 Å². The maximum absolute atomic E-state index is 12.2. The molecule has 0 saturated carbocycles. The molecule has 0 bridgehead atoms. The Bertz CT molecular complexity index is 868. The Kier molecular flexibility index (Phi) is 3.92. The fourth-order valence-corrected chi connectivity index (χ4v) is 2.34. The zero-order valence-electron chi connectivity index (χ0n) is 12.7. The molecule has 0 atom stereocenters. The van der Waals surface area contributed by atoms with Crippen LogP contribution in [-0.4, -0.2) is 16.6 Å².